The predicted molar refractivity (Wildman–Crippen MR) is 47.7 cm³/mol. The van der Waals surface area contributed by atoms with Crippen molar-refractivity contribution in [2.24, 2.45) is 10.8 Å². The maximum absolute atomic E-state index is 6.48. The molecule has 0 rings (SSSR count). The molecule has 64 valence electrons. The van der Waals surface area contributed by atoms with Crippen LogP contribution in [0.15, 0.2) is 5.11 Å². The van der Waals surface area contributed by atoms with Crippen LogP contribution in [0.2, 0.25) is 0 Å². The molecule has 5 N–H and O–H groups in total. The Bertz CT molecular complexity index is 126. The average Bonchev–Trinajstić information content (AvgIpc) is 1.96. The summed E-state index contributed by atoms with van der Waals surface area (Å²) in [4.78, 5) is 0. The molecule has 0 saturated carbocycles. The van der Waals surface area contributed by atoms with Crippen LogP contribution >= 0.6 is 12.2 Å². The van der Waals surface area contributed by atoms with E-state index in [1.807, 2.05) is 0 Å². The first-order valence-corrected chi connectivity index (χ1v) is 3.75. The SMILES string of the molecule is N=NCCNCCNC(N)=S. The lowest BCUT2D eigenvalue weighted by Crippen LogP contribution is -2.35. The lowest BCUT2D eigenvalue weighted by Gasteiger charge is -2.03. The van der Waals surface area contributed by atoms with Gasteiger partial charge in [-0.1, -0.05) is 0 Å². The summed E-state index contributed by atoms with van der Waals surface area (Å²) in [5.41, 5.74) is 11.7. The molecule has 0 spiro atoms. The minimum absolute atomic E-state index is 0.317. The lowest BCUT2D eigenvalue weighted by molar-refractivity contribution is 0.663. The molecule has 11 heavy (non-hydrogen) atoms. The molecule has 0 aliphatic heterocycles. The molecule has 6 heteroatoms. The molecule has 0 unspecified atom stereocenters. The number of thiocarbonyl (C=S) groups is 1. The third-order valence-corrected chi connectivity index (χ3v) is 1.15. The summed E-state index contributed by atoms with van der Waals surface area (Å²) >= 11 is 4.59. The second kappa shape index (κ2) is 7.36. The fraction of sp³-hybridized carbons (Fsp3) is 0.800. The van der Waals surface area contributed by atoms with Crippen LogP contribution in [0.3, 0.4) is 0 Å². The molecule has 0 aromatic carbocycles. The Kier molecular flexibility index (Phi) is 6.86. The predicted octanol–water partition coefficient (Wildman–Crippen LogP) is -0.560. The van der Waals surface area contributed by atoms with Gasteiger partial charge < -0.3 is 16.4 Å². The van der Waals surface area contributed by atoms with Gasteiger partial charge in [-0.15, -0.1) is 0 Å². The highest BCUT2D eigenvalue weighted by molar-refractivity contribution is 7.80. The number of nitrogens with two attached hydrogens (primary N) is 1. The molecule has 0 heterocycles. The van der Waals surface area contributed by atoms with Crippen molar-refractivity contribution < 1.29 is 0 Å². The van der Waals surface area contributed by atoms with Gasteiger partial charge in [0.1, 0.15) is 0 Å². The van der Waals surface area contributed by atoms with Gasteiger partial charge in [0.2, 0.25) is 0 Å². The van der Waals surface area contributed by atoms with Gasteiger partial charge in [-0.3, -0.25) is 0 Å². The fourth-order valence-electron chi connectivity index (χ4n) is 0.534. The van der Waals surface area contributed by atoms with Crippen molar-refractivity contribution in [3.63, 3.8) is 0 Å². The van der Waals surface area contributed by atoms with Gasteiger partial charge in [0.15, 0.2) is 5.11 Å². The summed E-state index contributed by atoms with van der Waals surface area (Å²) < 4.78 is 0. The fourth-order valence-corrected chi connectivity index (χ4v) is 0.636. The molecule has 0 saturated heterocycles. The molecular formula is C5H13N5S. The smallest absolute Gasteiger partial charge is 0.163 e. The normalized spacial score (nSPS) is 9.09. The number of rotatable bonds is 6. The molecule has 0 aliphatic rings. The summed E-state index contributed by atoms with van der Waals surface area (Å²) in [6, 6.07) is 0. The van der Waals surface area contributed by atoms with Crippen LogP contribution in [-0.4, -0.2) is 31.3 Å². The summed E-state index contributed by atoms with van der Waals surface area (Å²) in [6.07, 6.45) is 0. The average molecular weight is 175 g/mol. The summed E-state index contributed by atoms with van der Waals surface area (Å²) in [6.45, 7) is 2.75. The lowest BCUT2D eigenvalue weighted by atomic mass is 10.5. The van der Waals surface area contributed by atoms with Crippen LogP contribution in [0.4, 0.5) is 0 Å². The minimum atomic E-state index is 0.317. The van der Waals surface area contributed by atoms with Crippen molar-refractivity contribution in [1.29, 1.82) is 5.53 Å². The molecule has 5 nitrogen and oxygen atoms in total. The molecule has 0 bridgehead atoms. The van der Waals surface area contributed by atoms with Crippen molar-refractivity contribution in [2.45, 2.75) is 0 Å². The van der Waals surface area contributed by atoms with Gasteiger partial charge in [0.05, 0.1) is 6.54 Å². The van der Waals surface area contributed by atoms with E-state index in [-0.39, 0.29) is 0 Å². The summed E-state index contributed by atoms with van der Waals surface area (Å²) in [5, 5.41) is 9.34. The van der Waals surface area contributed by atoms with Crippen molar-refractivity contribution in [3.8, 4) is 0 Å². The monoisotopic (exact) mass is 175 g/mol. The number of hydrogen-bond acceptors (Lipinski definition) is 4. The van der Waals surface area contributed by atoms with Crippen molar-refractivity contribution in [2.75, 3.05) is 26.2 Å². The molecule has 0 amide bonds. The number of hydrogen-bond donors (Lipinski definition) is 4. The number of nitrogens with zero attached hydrogens (tertiary/aromatic N) is 1. The molecular weight excluding hydrogens is 162 g/mol. The zero-order chi connectivity index (χ0) is 8.53. The van der Waals surface area contributed by atoms with Crippen LogP contribution in [0.25, 0.3) is 0 Å². The Morgan fingerprint density at radius 2 is 2.18 bits per heavy atom. The first-order valence-electron chi connectivity index (χ1n) is 3.34. The van der Waals surface area contributed by atoms with Crippen LogP contribution in [-0.2, 0) is 0 Å². The Hall–Kier alpha value is -0.750. The topological polar surface area (TPSA) is 86.3 Å². The molecule has 0 aromatic heterocycles. The van der Waals surface area contributed by atoms with Gasteiger partial charge in [0.25, 0.3) is 0 Å². The first-order chi connectivity index (χ1) is 5.27. The van der Waals surface area contributed by atoms with Crippen molar-refractivity contribution in [1.82, 2.24) is 10.6 Å². The maximum atomic E-state index is 6.48. The molecule has 0 radical (unpaired) electrons. The van der Waals surface area contributed by atoms with Crippen molar-refractivity contribution >= 4 is 17.3 Å². The van der Waals surface area contributed by atoms with Gasteiger partial charge in [-0.2, -0.15) is 5.11 Å². The van der Waals surface area contributed by atoms with Gasteiger partial charge >= 0.3 is 0 Å². The van der Waals surface area contributed by atoms with E-state index in [0.29, 0.717) is 18.2 Å². The van der Waals surface area contributed by atoms with E-state index in [1.54, 1.807) is 0 Å². The summed E-state index contributed by atoms with van der Waals surface area (Å²) in [5.74, 6) is 0. The third-order valence-electron chi connectivity index (χ3n) is 1.00. The maximum Gasteiger partial charge on any atom is 0.163 e. The molecule has 0 aromatic rings. The van der Waals surface area contributed by atoms with E-state index >= 15 is 0 Å². The van der Waals surface area contributed by atoms with E-state index in [0.717, 1.165) is 13.1 Å². The Balaban J connectivity index is 2.90. The van der Waals surface area contributed by atoms with Crippen LogP contribution in [0, 0.1) is 5.53 Å². The van der Waals surface area contributed by atoms with E-state index in [2.05, 4.69) is 28.0 Å². The zero-order valence-corrected chi connectivity index (χ0v) is 7.08. The van der Waals surface area contributed by atoms with Crippen LogP contribution < -0.4 is 16.4 Å². The van der Waals surface area contributed by atoms with Gasteiger partial charge in [-0.05, 0) is 12.2 Å². The second-order valence-corrected chi connectivity index (χ2v) is 2.36. The highest BCUT2D eigenvalue weighted by Gasteiger charge is 1.86. The van der Waals surface area contributed by atoms with E-state index in [9.17, 15) is 0 Å². The highest BCUT2D eigenvalue weighted by atomic mass is 32.1. The highest BCUT2D eigenvalue weighted by Crippen LogP contribution is 1.64. The molecule has 0 fully saturated rings. The van der Waals surface area contributed by atoms with Crippen LogP contribution in [0.1, 0.15) is 0 Å². The minimum Gasteiger partial charge on any atom is -0.376 e. The largest absolute Gasteiger partial charge is 0.376 e. The first kappa shape index (κ1) is 10.2. The zero-order valence-electron chi connectivity index (χ0n) is 6.26. The van der Waals surface area contributed by atoms with Gasteiger partial charge in [-0.25, -0.2) is 5.53 Å². The molecule has 0 aliphatic carbocycles. The van der Waals surface area contributed by atoms with Crippen molar-refractivity contribution in [3.05, 3.63) is 0 Å². The third kappa shape index (κ3) is 9.25. The standard InChI is InChI=1S/C5H13N5S/c6-5(11)9-3-1-8-2-4-10-7/h7-8H,1-4H2,(H3,6,9,11). The van der Waals surface area contributed by atoms with Gasteiger partial charge in [0, 0.05) is 19.6 Å². The second-order valence-electron chi connectivity index (χ2n) is 1.92. The van der Waals surface area contributed by atoms with E-state index < -0.39 is 0 Å². The molecule has 0 atom stereocenters. The van der Waals surface area contributed by atoms with Crippen LogP contribution in [0.5, 0.6) is 0 Å². The summed E-state index contributed by atoms with van der Waals surface area (Å²) in [7, 11) is 0. The number of nitrogens with one attached hydrogen (secondary N) is 3. The van der Waals surface area contributed by atoms with E-state index in [4.69, 9.17) is 11.3 Å². The quantitative estimate of drug-likeness (QED) is 0.248. The Morgan fingerprint density at radius 1 is 1.45 bits per heavy atom. The Labute approximate surface area is 71.2 Å². The van der Waals surface area contributed by atoms with E-state index in [1.165, 1.54) is 0 Å². The Morgan fingerprint density at radius 3 is 2.73 bits per heavy atom.